The highest BCUT2D eigenvalue weighted by molar-refractivity contribution is 8.01. The van der Waals surface area contributed by atoms with E-state index in [2.05, 4.69) is 29.4 Å². The van der Waals surface area contributed by atoms with Crippen molar-refractivity contribution in [2.75, 3.05) is 5.75 Å². The molecule has 5 heteroatoms. The van der Waals surface area contributed by atoms with Crippen molar-refractivity contribution in [1.29, 1.82) is 0 Å². The summed E-state index contributed by atoms with van der Waals surface area (Å²) in [4.78, 5) is 0. The van der Waals surface area contributed by atoms with Crippen LogP contribution in [0.25, 0.3) is 5.69 Å². The van der Waals surface area contributed by atoms with Crippen LogP contribution in [-0.2, 0) is 6.42 Å². The predicted octanol–water partition coefficient (Wildman–Crippen LogP) is 5.00. The lowest BCUT2D eigenvalue weighted by atomic mass is 10.2. The first-order valence-corrected chi connectivity index (χ1v) is 8.86. The molecule has 0 saturated heterocycles. The number of nitrogens with zero attached hydrogens (tertiary/aromatic N) is 2. The Morgan fingerprint density at radius 2 is 1.67 bits per heavy atom. The lowest BCUT2D eigenvalue weighted by Gasteiger charge is -2.00. The van der Waals surface area contributed by atoms with Gasteiger partial charge in [0.15, 0.2) is 8.29 Å². The summed E-state index contributed by atoms with van der Waals surface area (Å²) in [6, 6.07) is 20.6. The van der Waals surface area contributed by atoms with E-state index in [0.29, 0.717) is 0 Å². The minimum Gasteiger partial charge on any atom is -0.211 e. The normalized spacial score (nSPS) is 10.7. The van der Waals surface area contributed by atoms with Gasteiger partial charge in [-0.25, -0.2) is 4.68 Å². The molecule has 0 bridgehead atoms. The molecule has 2 nitrogen and oxygen atoms in total. The Bertz CT molecular complexity index is 748. The van der Waals surface area contributed by atoms with Crippen molar-refractivity contribution in [3.05, 3.63) is 70.2 Å². The van der Waals surface area contributed by atoms with Gasteiger partial charge in [-0.05, 0) is 36.3 Å². The number of rotatable bonds is 5. The molecule has 3 aromatic rings. The Morgan fingerprint density at radius 1 is 1.00 bits per heavy atom. The summed E-state index contributed by atoms with van der Waals surface area (Å²) in [6.07, 6.45) is 1.04. The molecule has 0 aliphatic rings. The molecule has 0 saturated carbocycles. The van der Waals surface area contributed by atoms with E-state index in [0.717, 1.165) is 26.2 Å². The van der Waals surface area contributed by atoms with E-state index in [1.807, 2.05) is 41.1 Å². The quantitative estimate of drug-likeness (QED) is 0.484. The van der Waals surface area contributed by atoms with Crippen LogP contribution >= 0.6 is 35.3 Å². The summed E-state index contributed by atoms with van der Waals surface area (Å²) in [6.45, 7) is 0. The SMILES string of the molecule is S=c1sc(SCCc2ccccc2)nn1-c1ccccc1. The summed E-state index contributed by atoms with van der Waals surface area (Å²) < 4.78 is 3.66. The van der Waals surface area contributed by atoms with Crippen LogP contribution in [0.4, 0.5) is 0 Å². The molecule has 0 atom stereocenters. The van der Waals surface area contributed by atoms with Crippen LogP contribution in [0.1, 0.15) is 5.56 Å². The lowest BCUT2D eigenvalue weighted by molar-refractivity contribution is 0.829. The van der Waals surface area contributed by atoms with Crippen molar-refractivity contribution < 1.29 is 0 Å². The molecular weight excluding hydrogens is 316 g/mol. The van der Waals surface area contributed by atoms with Crippen LogP contribution in [0.3, 0.4) is 0 Å². The lowest BCUT2D eigenvalue weighted by Crippen LogP contribution is -1.95. The highest BCUT2D eigenvalue weighted by atomic mass is 32.2. The molecule has 0 unspecified atom stereocenters. The summed E-state index contributed by atoms with van der Waals surface area (Å²) in [5.41, 5.74) is 2.38. The number of aryl methyl sites for hydroxylation is 1. The van der Waals surface area contributed by atoms with Crippen LogP contribution in [0, 0.1) is 3.95 Å². The maximum absolute atomic E-state index is 5.40. The Morgan fingerprint density at radius 3 is 2.38 bits per heavy atom. The Kier molecular flexibility index (Phi) is 4.85. The summed E-state index contributed by atoms with van der Waals surface area (Å²) in [5.74, 6) is 1.01. The second-order valence-corrected chi connectivity index (χ2v) is 7.43. The van der Waals surface area contributed by atoms with Gasteiger partial charge in [-0.3, -0.25) is 0 Å². The van der Waals surface area contributed by atoms with Crippen molar-refractivity contribution >= 4 is 35.3 Å². The topological polar surface area (TPSA) is 17.8 Å². The van der Waals surface area contributed by atoms with Gasteiger partial charge in [0.2, 0.25) is 0 Å². The van der Waals surface area contributed by atoms with E-state index >= 15 is 0 Å². The van der Waals surface area contributed by atoms with Crippen LogP contribution in [-0.4, -0.2) is 15.5 Å². The maximum atomic E-state index is 5.40. The van der Waals surface area contributed by atoms with Crippen LogP contribution in [0.15, 0.2) is 65.0 Å². The molecule has 2 aromatic carbocycles. The monoisotopic (exact) mass is 330 g/mol. The zero-order valence-corrected chi connectivity index (χ0v) is 13.8. The van der Waals surface area contributed by atoms with E-state index in [1.54, 1.807) is 23.1 Å². The fourth-order valence-corrected chi connectivity index (χ4v) is 4.37. The minimum atomic E-state index is 0.795. The smallest absolute Gasteiger partial charge is 0.184 e. The third kappa shape index (κ3) is 3.81. The van der Waals surface area contributed by atoms with Crippen molar-refractivity contribution in [1.82, 2.24) is 9.78 Å². The number of thioether (sulfide) groups is 1. The summed E-state index contributed by atoms with van der Waals surface area (Å²) in [5, 5.41) is 4.61. The van der Waals surface area contributed by atoms with Gasteiger partial charge < -0.3 is 0 Å². The molecule has 0 spiro atoms. The van der Waals surface area contributed by atoms with E-state index in [9.17, 15) is 0 Å². The highest BCUT2D eigenvalue weighted by Gasteiger charge is 2.06. The molecule has 21 heavy (non-hydrogen) atoms. The molecule has 0 fully saturated rings. The van der Waals surface area contributed by atoms with Gasteiger partial charge in [-0.15, -0.1) is 5.10 Å². The summed E-state index contributed by atoms with van der Waals surface area (Å²) >= 11 is 8.74. The van der Waals surface area contributed by atoms with Gasteiger partial charge in [-0.1, -0.05) is 71.6 Å². The summed E-state index contributed by atoms with van der Waals surface area (Å²) in [7, 11) is 0. The molecule has 0 aliphatic heterocycles. The van der Waals surface area contributed by atoms with Gasteiger partial charge in [-0.2, -0.15) is 0 Å². The first-order valence-electron chi connectivity index (χ1n) is 6.65. The average molecular weight is 331 g/mol. The fourth-order valence-electron chi connectivity index (χ4n) is 1.95. The second-order valence-electron chi connectivity index (χ2n) is 4.47. The van der Waals surface area contributed by atoms with Gasteiger partial charge >= 0.3 is 0 Å². The number of aromatic nitrogens is 2. The number of para-hydroxylation sites is 1. The molecule has 0 aliphatic carbocycles. The van der Waals surface area contributed by atoms with Crippen LogP contribution in [0.2, 0.25) is 0 Å². The van der Waals surface area contributed by atoms with Crippen molar-refractivity contribution in [2.45, 2.75) is 10.8 Å². The average Bonchev–Trinajstić information content (AvgIpc) is 2.90. The number of hydrogen-bond acceptors (Lipinski definition) is 4. The molecule has 0 radical (unpaired) electrons. The zero-order chi connectivity index (χ0) is 14.5. The van der Waals surface area contributed by atoms with E-state index < -0.39 is 0 Å². The van der Waals surface area contributed by atoms with E-state index in [4.69, 9.17) is 12.2 Å². The minimum absolute atomic E-state index is 0.795. The Labute approximate surface area is 137 Å². The largest absolute Gasteiger partial charge is 0.211 e. The number of hydrogen-bond donors (Lipinski definition) is 0. The zero-order valence-electron chi connectivity index (χ0n) is 11.3. The van der Waals surface area contributed by atoms with Crippen LogP contribution in [0.5, 0.6) is 0 Å². The molecular formula is C16H14N2S3. The Hall–Kier alpha value is -1.43. The third-order valence-electron chi connectivity index (χ3n) is 2.99. The van der Waals surface area contributed by atoms with Gasteiger partial charge in [0.25, 0.3) is 0 Å². The molecule has 3 rings (SSSR count). The predicted molar refractivity (Wildman–Crippen MR) is 93.1 cm³/mol. The standard InChI is InChI=1S/C16H14N2S3/c19-16-18(14-9-5-2-6-10-14)17-15(21-16)20-12-11-13-7-3-1-4-8-13/h1-10H,11-12H2. The van der Waals surface area contributed by atoms with E-state index in [1.165, 1.54) is 5.56 Å². The van der Waals surface area contributed by atoms with Gasteiger partial charge in [0.1, 0.15) is 0 Å². The molecule has 106 valence electrons. The Balaban J connectivity index is 1.66. The number of benzene rings is 2. The third-order valence-corrected chi connectivity index (χ3v) is 5.36. The van der Waals surface area contributed by atoms with Crippen molar-refractivity contribution in [3.8, 4) is 5.69 Å². The molecule has 1 heterocycles. The van der Waals surface area contributed by atoms with Gasteiger partial charge in [0.05, 0.1) is 5.69 Å². The molecule has 0 amide bonds. The molecule has 0 N–H and O–H groups in total. The first-order chi connectivity index (χ1) is 10.3. The first kappa shape index (κ1) is 14.5. The van der Waals surface area contributed by atoms with Gasteiger partial charge in [0, 0.05) is 5.75 Å². The van der Waals surface area contributed by atoms with Crippen molar-refractivity contribution in [3.63, 3.8) is 0 Å². The second kappa shape index (κ2) is 7.02. The molecule has 1 aromatic heterocycles. The van der Waals surface area contributed by atoms with Crippen LogP contribution < -0.4 is 0 Å². The maximum Gasteiger partial charge on any atom is 0.184 e. The fraction of sp³-hybridized carbons (Fsp3) is 0.125. The van der Waals surface area contributed by atoms with E-state index in [-0.39, 0.29) is 0 Å². The van der Waals surface area contributed by atoms with Crippen molar-refractivity contribution in [2.24, 2.45) is 0 Å². The highest BCUT2D eigenvalue weighted by Crippen LogP contribution is 2.24.